The van der Waals surface area contributed by atoms with E-state index in [-0.39, 0.29) is 25.4 Å². The summed E-state index contributed by atoms with van der Waals surface area (Å²) in [6.45, 7) is 0.507. The summed E-state index contributed by atoms with van der Waals surface area (Å²) in [5.41, 5.74) is 6.56. The third-order valence-corrected chi connectivity index (χ3v) is 3.38. The van der Waals surface area contributed by atoms with Crippen LogP contribution in [0.3, 0.4) is 0 Å². The minimum atomic E-state index is -0.633. The van der Waals surface area contributed by atoms with Crippen molar-refractivity contribution >= 4 is 11.9 Å². The van der Waals surface area contributed by atoms with Gasteiger partial charge in [0, 0.05) is 24.7 Å². The van der Waals surface area contributed by atoms with Crippen molar-refractivity contribution in [2.45, 2.75) is 13.0 Å². The molecule has 0 aliphatic rings. The second kappa shape index (κ2) is 8.05. The maximum atomic E-state index is 13.5. The van der Waals surface area contributed by atoms with Crippen LogP contribution in [0.25, 0.3) is 0 Å². The SMILES string of the molecule is NC(=O)NCc1ccc(C(=O)NCCc2ccc(F)cc2F)cc1. The Kier molecular flexibility index (Phi) is 5.83. The number of hydrogen-bond acceptors (Lipinski definition) is 2. The fourth-order valence-corrected chi connectivity index (χ4v) is 2.10. The normalized spacial score (nSPS) is 10.2. The van der Waals surface area contributed by atoms with E-state index in [0.29, 0.717) is 11.1 Å². The maximum Gasteiger partial charge on any atom is 0.312 e. The topological polar surface area (TPSA) is 84.2 Å². The standard InChI is InChI=1S/C17H17F2N3O2/c18-14-6-5-12(15(19)9-14)7-8-21-16(23)13-3-1-11(2-4-13)10-22-17(20)24/h1-6,9H,7-8,10H2,(H,21,23)(H3,20,22,24). The minimum absolute atomic E-state index is 0.229. The second-order valence-corrected chi connectivity index (χ2v) is 5.16. The largest absolute Gasteiger partial charge is 0.352 e. The van der Waals surface area contributed by atoms with Crippen molar-refractivity contribution in [1.82, 2.24) is 10.6 Å². The molecule has 0 heterocycles. The number of primary amides is 1. The second-order valence-electron chi connectivity index (χ2n) is 5.16. The van der Waals surface area contributed by atoms with Crippen LogP contribution in [0.5, 0.6) is 0 Å². The zero-order chi connectivity index (χ0) is 17.5. The van der Waals surface area contributed by atoms with E-state index in [4.69, 9.17) is 5.73 Å². The van der Waals surface area contributed by atoms with Crippen LogP contribution in [0.2, 0.25) is 0 Å². The first-order chi connectivity index (χ1) is 11.5. The first kappa shape index (κ1) is 17.4. The number of benzene rings is 2. The summed E-state index contributed by atoms with van der Waals surface area (Å²) < 4.78 is 26.3. The fraction of sp³-hybridized carbons (Fsp3) is 0.176. The molecule has 7 heteroatoms. The fourth-order valence-electron chi connectivity index (χ4n) is 2.10. The Morgan fingerprint density at radius 3 is 2.33 bits per heavy atom. The van der Waals surface area contributed by atoms with Crippen molar-refractivity contribution in [2.24, 2.45) is 5.73 Å². The molecule has 2 aromatic carbocycles. The molecule has 2 aromatic rings. The summed E-state index contributed by atoms with van der Waals surface area (Å²) in [5, 5.41) is 5.12. The highest BCUT2D eigenvalue weighted by Gasteiger charge is 2.07. The number of rotatable bonds is 6. The van der Waals surface area contributed by atoms with Crippen LogP contribution in [0, 0.1) is 11.6 Å². The predicted octanol–water partition coefficient (Wildman–Crippen LogP) is 2.11. The van der Waals surface area contributed by atoms with Crippen LogP contribution in [0.15, 0.2) is 42.5 Å². The van der Waals surface area contributed by atoms with Crippen molar-refractivity contribution in [3.8, 4) is 0 Å². The molecule has 2 rings (SSSR count). The Labute approximate surface area is 137 Å². The zero-order valence-electron chi connectivity index (χ0n) is 12.8. The molecule has 0 bridgehead atoms. The van der Waals surface area contributed by atoms with E-state index in [1.165, 1.54) is 12.1 Å². The predicted molar refractivity (Wildman–Crippen MR) is 85.3 cm³/mol. The summed E-state index contributed by atoms with van der Waals surface area (Å²) in [4.78, 5) is 22.6. The molecule has 4 N–H and O–H groups in total. The smallest absolute Gasteiger partial charge is 0.312 e. The van der Waals surface area contributed by atoms with Gasteiger partial charge < -0.3 is 16.4 Å². The van der Waals surface area contributed by atoms with Crippen LogP contribution in [-0.2, 0) is 13.0 Å². The number of carbonyl (C=O) groups excluding carboxylic acids is 2. The zero-order valence-corrected chi connectivity index (χ0v) is 12.8. The van der Waals surface area contributed by atoms with Crippen LogP contribution in [-0.4, -0.2) is 18.5 Å². The third-order valence-electron chi connectivity index (χ3n) is 3.38. The Bertz CT molecular complexity index is 733. The van der Waals surface area contributed by atoms with Gasteiger partial charge in [-0.05, 0) is 35.7 Å². The molecule has 0 spiro atoms. The molecular formula is C17H17F2N3O2. The molecule has 0 fully saturated rings. The number of halogens is 2. The van der Waals surface area contributed by atoms with E-state index >= 15 is 0 Å². The first-order valence-electron chi connectivity index (χ1n) is 7.30. The number of urea groups is 1. The Hall–Kier alpha value is -2.96. The highest BCUT2D eigenvalue weighted by atomic mass is 19.1. The van der Waals surface area contributed by atoms with Gasteiger partial charge in [0.1, 0.15) is 11.6 Å². The quantitative estimate of drug-likeness (QED) is 0.756. The van der Waals surface area contributed by atoms with Gasteiger partial charge in [0.25, 0.3) is 5.91 Å². The molecule has 5 nitrogen and oxygen atoms in total. The lowest BCUT2D eigenvalue weighted by atomic mass is 10.1. The number of nitrogens with one attached hydrogen (secondary N) is 2. The summed E-state index contributed by atoms with van der Waals surface area (Å²) in [7, 11) is 0. The van der Waals surface area contributed by atoms with Gasteiger partial charge >= 0.3 is 6.03 Å². The highest BCUT2D eigenvalue weighted by Crippen LogP contribution is 2.10. The van der Waals surface area contributed by atoms with Gasteiger partial charge in [-0.3, -0.25) is 4.79 Å². The van der Waals surface area contributed by atoms with Gasteiger partial charge in [0.2, 0.25) is 0 Å². The lowest BCUT2D eigenvalue weighted by molar-refractivity contribution is 0.0954. The first-order valence-corrected chi connectivity index (χ1v) is 7.30. The summed E-state index contributed by atoms with van der Waals surface area (Å²) in [5.74, 6) is -1.56. The molecule has 0 radical (unpaired) electrons. The summed E-state index contributed by atoms with van der Waals surface area (Å²) in [6.07, 6.45) is 0.262. The van der Waals surface area contributed by atoms with E-state index in [2.05, 4.69) is 10.6 Å². The molecule has 0 saturated heterocycles. The Morgan fingerprint density at radius 1 is 1.00 bits per heavy atom. The molecule has 126 valence electrons. The van der Waals surface area contributed by atoms with Gasteiger partial charge in [0.15, 0.2) is 0 Å². The lowest BCUT2D eigenvalue weighted by Crippen LogP contribution is -2.28. The number of amides is 3. The van der Waals surface area contributed by atoms with Gasteiger partial charge in [-0.15, -0.1) is 0 Å². The van der Waals surface area contributed by atoms with E-state index in [9.17, 15) is 18.4 Å². The van der Waals surface area contributed by atoms with E-state index in [1.54, 1.807) is 24.3 Å². The maximum absolute atomic E-state index is 13.5. The molecule has 0 saturated carbocycles. The molecule has 0 aliphatic carbocycles. The van der Waals surface area contributed by atoms with Gasteiger partial charge in [-0.2, -0.15) is 0 Å². The Morgan fingerprint density at radius 2 is 1.71 bits per heavy atom. The number of carbonyl (C=O) groups is 2. The van der Waals surface area contributed by atoms with Crippen molar-refractivity contribution in [2.75, 3.05) is 6.54 Å². The number of nitrogens with two attached hydrogens (primary N) is 1. The van der Waals surface area contributed by atoms with Crippen LogP contribution >= 0.6 is 0 Å². The van der Waals surface area contributed by atoms with Gasteiger partial charge in [0.05, 0.1) is 0 Å². The Balaban J connectivity index is 1.84. The highest BCUT2D eigenvalue weighted by molar-refractivity contribution is 5.94. The molecule has 3 amide bonds. The van der Waals surface area contributed by atoms with Gasteiger partial charge in [-0.25, -0.2) is 13.6 Å². The molecule has 24 heavy (non-hydrogen) atoms. The van der Waals surface area contributed by atoms with Crippen molar-refractivity contribution in [1.29, 1.82) is 0 Å². The molecule has 0 unspecified atom stereocenters. The summed E-state index contributed by atoms with van der Waals surface area (Å²) in [6, 6.07) is 9.36. The van der Waals surface area contributed by atoms with E-state index in [0.717, 1.165) is 11.6 Å². The van der Waals surface area contributed by atoms with E-state index < -0.39 is 17.7 Å². The average Bonchev–Trinajstić information content (AvgIpc) is 2.55. The van der Waals surface area contributed by atoms with Gasteiger partial charge in [-0.1, -0.05) is 18.2 Å². The van der Waals surface area contributed by atoms with Crippen LogP contribution in [0.1, 0.15) is 21.5 Å². The third kappa shape index (κ3) is 5.05. The van der Waals surface area contributed by atoms with Crippen LogP contribution < -0.4 is 16.4 Å². The van der Waals surface area contributed by atoms with Crippen molar-refractivity contribution < 1.29 is 18.4 Å². The summed E-state index contributed by atoms with van der Waals surface area (Å²) >= 11 is 0. The lowest BCUT2D eigenvalue weighted by Gasteiger charge is -2.07. The number of hydrogen-bond donors (Lipinski definition) is 3. The van der Waals surface area contributed by atoms with Crippen molar-refractivity contribution in [3.05, 3.63) is 70.8 Å². The van der Waals surface area contributed by atoms with Crippen molar-refractivity contribution in [3.63, 3.8) is 0 Å². The molecule has 0 aliphatic heterocycles. The molecule has 0 atom stereocenters. The molecule has 0 aromatic heterocycles. The monoisotopic (exact) mass is 333 g/mol. The minimum Gasteiger partial charge on any atom is -0.352 e. The average molecular weight is 333 g/mol. The van der Waals surface area contributed by atoms with E-state index in [1.807, 2.05) is 0 Å². The van der Waals surface area contributed by atoms with Crippen LogP contribution in [0.4, 0.5) is 13.6 Å². The molecular weight excluding hydrogens is 316 g/mol.